The van der Waals surface area contributed by atoms with E-state index in [0.29, 0.717) is 25.1 Å². The molecule has 1 fully saturated rings. The molecular formula is C14H15NO5. The minimum absolute atomic E-state index is 0.299. The normalized spacial score (nSPS) is 24.0. The van der Waals surface area contributed by atoms with E-state index in [4.69, 9.17) is 14.6 Å². The molecule has 0 bridgehead atoms. The van der Waals surface area contributed by atoms with Gasteiger partial charge in [0.15, 0.2) is 6.10 Å². The summed E-state index contributed by atoms with van der Waals surface area (Å²) >= 11 is 0. The van der Waals surface area contributed by atoms with Gasteiger partial charge in [0.25, 0.3) is 5.91 Å². The fraction of sp³-hybridized carbons (Fsp3) is 0.429. The molecule has 3 rings (SSSR count). The molecule has 1 saturated heterocycles. The molecule has 1 amide bonds. The quantitative estimate of drug-likeness (QED) is 0.867. The standard InChI is InChI=1S/C14H15NO5/c16-13(11-3-4-12(20-11)14(17)18)15-9-1-2-10-8(7-9)5-6-19-10/h1-2,7,11-12H,3-6H2,(H,15,16)(H,17,18). The van der Waals surface area contributed by atoms with Crippen LogP contribution >= 0.6 is 0 Å². The number of nitrogens with one attached hydrogen (secondary N) is 1. The van der Waals surface area contributed by atoms with Crippen molar-refractivity contribution in [2.24, 2.45) is 0 Å². The van der Waals surface area contributed by atoms with Gasteiger partial charge in [-0.25, -0.2) is 4.79 Å². The van der Waals surface area contributed by atoms with Gasteiger partial charge in [0, 0.05) is 12.1 Å². The van der Waals surface area contributed by atoms with Crippen LogP contribution < -0.4 is 10.1 Å². The molecule has 2 unspecified atom stereocenters. The first-order chi connectivity index (χ1) is 9.63. The summed E-state index contributed by atoms with van der Waals surface area (Å²) < 4.78 is 10.6. The molecule has 2 aliphatic rings. The number of ether oxygens (including phenoxy) is 2. The highest BCUT2D eigenvalue weighted by molar-refractivity contribution is 5.95. The van der Waals surface area contributed by atoms with Crippen molar-refractivity contribution in [3.63, 3.8) is 0 Å². The zero-order valence-corrected chi connectivity index (χ0v) is 10.8. The zero-order chi connectivity index (χ0) is 14.1. The Morgan fingerprint density at radius 2 is 2.05 bits per heavy atom. The molecule has 0 aliphatic carbocycles. The van der Waals surface area contributed by atoms with Crippen molar-refractivity contribution in [2.75, 3.05) is 11.9 Å². The van der Waals surface area contributed by atoms with E-state index in [9.17, 15) is 9.59 Å². The van der Waals surface area contributed by atoms with E-state index in [2.05, 4.69) is 5.32 Å². The van der Waals surface area contributed by atoms with E-state index in [1.165, 1.54) is 0 Å². The Hall–Kier alpha value is -2.08. The third-order valence-corrected chi connectivity index (χ3v) is 3.54. The SMILES string of the molecule is O=C(O)C1CCC(C(=O)Nc2ccc3c(c2)CCO3)O1. The Labute approximate surface area is 115 Å². The molecule has 2 heterocycles. The van der Waals surface area contributed by atoms with Crippen LogP contribution in [0.25, 0.3) is 0 Å². The lowest BCUT2D eigenvalue weighted by Crippen LogP contribution is -2.29. The first kappa shape index (κ1) is 12.9. The second-order valence-electron chi connectivity index (χ2n) is 4.94. The Bertz CT molecular complexity index is 556. The first-order valence-electron chi connectivity index (χ1n) is 6.58. The molecule has 2 atom stereocenters. The van der Waals surface area contributed by atoms with Gasteiger partial charge in [0.1, 0.15) is 11.9 Å². The van der Waals surface area contributed by atoms with Crippen LogP contribution in [0.3, 0.4) is 0 Å². The zero-order valence-electron chi connectivity index (χ0n) is 10.8. The van der Waals surface area contributed by atoms with E-state index < -0.39 is 18.2 Å². The number of fused-ring (bicyclic) bond motifs is 1. The lowest BCUT2D eigenvalue weighted by atomic mass is 10.1. The van der Waals surface area contributed by atoms with Crippen molar-refractivity contribution in [3.05, 3.63) is 23.8 Å². The highest BCUT2D eigenvalue weighted by Gasteiger charge is 2.34. The molecule has 0 spiro atoms. The predicted octanol–water partition coefficient (Wildman–Crippen LogP) is 1.19. The van der Waals surface area contributed by atoms with Crippen molar-refractivity contribution in [1.82, 2.24) is 0 Å². The van der Waals surface area contributed by atoms with Crippen LogP contribution in [0.5, 0.6) is 5.75 Å². The van der Waals surface area contributed by atoms with Crippen LogP contribution in [0.1, 0.15) is 18.4 Å². The Morgan fingerprint density at radius 1 is 1.25 bits per heavy atom. The molecule has 106 valence electrons. The van der Waals surface area contributed by atoms with Crippen LogP contribution in [0, 0.1) is 0 Å². The third-order valence-electron chi connectivity index (χ3n) is 3.54. The minimum Gasteiger partial charge on any atom is -0.493 e. The largest absolute Gasteiger partial charge is 0.493 e. The van der Waals surface area contributed by atoms with Gasteiger partial charge in [-0.3, -0.25) is 4.79 Å². The Morgan fingerprint density at radius 3 is 2.80 bits per heavy atom. The lowest BCUT2D eigenvalue weighted by molar-refractivity contribution is -0.150. The van der Waals surface area contributed by atoms with Crippen LogP contribution in [0.15, 0.2) is 18.2 Å². The number of hydrogen-bond acceptors (Lipinski definition) is 4. The van der Waals surface area contributed by atoms with E-state index in [-0.39, 0.29) is 5.91 Å². The summed E-state index contributed by atoms with van der Waals surface area (Å²) in [4.78, 5) is 22.8. The molecule has 0 saturated carbocycles. The first-order valence-corrected chi connectivity index (χ1v) is 6.58. The highest BCUT2D eigenvalue weighted by Crippen LogP contribution is 2.28. The number of carbonyl (C=O) groups excluding carboxylic acids is 1. The molecule has 0 aromatic heterocycles. The van der Waals surface area contributed by atoms with E-state index in [1.807, 2.05) is 12.1 Å². The molecule has 0 radical (unpaired) electrons. The molecule has 6 heteroatoms. The number of carboxylic acid groups (broad SMARTS) is 1. The molecule has 6 nitrogen and oxygen atoms in total. The topological polar surface area (TPSA) is 84.9 Å². The van der Waals surface area contributed by atoms with Crippen LogP contribution in [-0.4, -0.2) is 35.8 Å². The monoisotopic (exact) mass is 277 g/mol. The number of aliphatic carboxylic acids is 1. The summed E-state index contributed by atoms with van der Waals surface area (Å²) in [7, 11) is 0. The van der Waals surface area contributed by atoms with Gasteiger partial charge in [-0.2, -0.15) is 0 Å². The number of anilines is 1. The maximum atomic E-state index is 12.0. The highest BCUT2D eigenvalue weighted by atomic mass is 16.5. The number of rotatable bonds is 3. The fourth-order valence-corrected chi connectivity index (χ4v) is 2.50. The summed E-state index contributed by atoms with van der Waals surface area (Å²) in [5.74, 6) is -0.464. The average molecular weight is 277 g/mol. The average Bonchev–Trinajstić information content (AvgIpc) is 3.07. The van der Waals surface area contributed by atoms with Gasteiger partial charge in [-0.15, -0.1) is 0 Å². The van der Waals surface area contributed by atoms with Crippen molar-refractivity contribution in [1.29, 1.82) is 0 Å². The fourth-order valence-electron chi connectivity index (χ4n) is 2.50. The molecule has 2 aliphatic heterocycles. The molecule has 2 N–H and O–H groups in total. The van der Waals surface area contributed by atoms with E-state index >= 15 is 0 Å². The Kier molecular flexibility index (Phi) is 3.31. The number of amides is 1. The van der Waals surface area contributed by atoms with Gasteiger partial charge >= 0.3 is 5.97 Å². The number of hydrogen-bond donors (Lipinski definition) is 2. The van der Waals surface area contributed by atoms with Gasteiger partial charge in [0.05, 0.1) is 6.61 Å². The number of benzene rings is 1. The molecule has 20 heavy (non-hydrogen) atoms. The van der Waals surface area contributed by atoms with E-state index in [1.54, 1.807) is 6.07 Å². The van der Waals surface area contributed by atoms with Crippen molar-refractivity contribution >= 4 is 17.6 Å². The van der Waals surface area contributed by atoms with Gasteiger partial charge in [0.2, 0.25) is 0 Å². The van der Waals surface area contributed by atoms with Crippen molar-refractivity contribution in [3.8, 4) is 5.75 Å². The molecular weight excluding hydrogens is 262 g/mol. The van der Waals surface area contributed by atoms with Crippen LogP contribution in [-0.2, 0) is 20.7 Å². The van der Waals surface area contributed by atoms with Gasteiger partial charge < -0.3 is 19.9 Å². The van der Waals surface area contributed by atoms with Crippen molar-refractivity contribution < 1.29 is 24.2 Å². The van der Waals surface area contributed by atoms with Gasteiger partial charge in [-0.1, -0.05) is 0 Å². The summed E-state index contributed by atoms with van der Waals surface area (Å²) in [5, 5.41) is 11.6. The Balaban J connectivity index is 1.63. The van der Waals surface area contributed by atoms with E-state index in [0.717, 1.165) is 17.7 Å². The van der Waals surface area contributed by atoms with Crippen molar-refractivity contribution in [2.45, 2.75) is 31.5 Å². The minimum atomic E-state index is -1.02. The summed E-state index contributed by atoms with van der Waals surface area (Å²) in [6.45, 7) is 0.665. The second kappa shape index (κ2) is 5.13. The lowest BCUT2D eigenvalue weighted by Gasteiger charge is -2.12. The van der Waals surface area contributed by atoms with Crippen LogP contribution in [0.4, 0.5) is 5.69 Å². The number of carboxylic acids is 1. The summed E-state index contributed by atoms with van der Waals surface area (Å²) in [6, 6.07) is 5.48. The predicted molar refractivity (Wildman–Crippen MR) is 69.8 cm³/mol. The second-order valence-corrected chi connectivity index (χ2v) is 4.94. The maximum absolute atomic E-state index is 12.0. The molecule has 1 aromatic rings. The maximum Gasteiger partial charge on any atom is 0.332 e. The third kappa shape index (κ3) is 2.46. The summed E-state index contributed by atoms with van der Waals surface area (Å²) in [5.41, 5.74) is 1.75. The number of carbonyl (C=O) groups is 2. The van der Waals surface area contributed by atoms with Gasteiger partial charge in [-0.05, 0) is 36.6 Å². The molecule has 1 aromatic carbocycles. The summed E-state index contributed by atoms with van der Waals surface area (Å²) in [6.07, 6.45) is 0.0577. The van der Waals surface area contributed by atoms with Crippen LogP contribution in [0.2, 0.25) is 0 Å². The smallest absolute Gasteiger partial charge is 0.332 e.